The Morgan fingerprint density at radius 3 is 1.81 bits per heavy atom. The molecule has 2 aromatic rings. The quantitative estimate of drug-likeness (QED) is 0.452. The minimum absolute atomic E-state index is 0. The average Bonchev–Trinajstić information content (AvgIpc) is 2.43. The molecule has 0 fully saturated rings. The molecule has 1 N–H and O–H groups in total. The summed E-state index contributed by atoms with van der Waals surface area (Å²) in [4.78, 5) is 24.1. The number of ketones is 2. The molecule has 0 radical (unpaired) electrons. The van der Waals surface area contributed by atoms with Crippen LogP contribution in [0.1, 0.15) is 33.3 Å². The Morgan fingerprint density at radius 1 is 0.810 bits per heavy atom. The van der Waals surface area contributed by atoms with Crippen LogP contribution in [0, 0.1) is 0 Å². The Labute approximate surface area is 144 Å². The first-order chi connectivity index (χ1) is 9.39. The second kappa shape index (κ2) is 5.47. The summed E-state index contributed by atoms with van der Waals surface area (Å²) >= 11 is 0. The Morgan fingerprint density at radius 2 is 1.29 bits per heavy atom. The van der Waals surface area contributed by atoms with Crippen molar-refractivity contribution < 1.29 is 53.5 Å². The van der Waals surface area contributed by atoms with E-state index in [0.29, 0.717) is 5.56 Å². The van der Waals surface area contributed by atoms with Gasteiger partial charge in [0.2, 0.25) is 0 Å². The molecular formula is C14H9NaO5S. The summed E-state index contributed by atoms with van der Waals surface area (Å²) in [6, 6.07) is 9.72. The maximum Gasteiger partial charge on any atom is 1.00 e. The number of benzene rings is 2. The molecule has 5 nitrogen and oxygen atoms in total. The normalized spacial score (nSPS) is 13.2. The van der Waals surface area contributed by atoms with Crippen molar-refractivity contribution in [1.82, 2.24) is 0 Å². The van der Waals surface area contributed by atoms with Crippen molar-refractivity contribution >= 4 is 21.7 Å². The SMILES string of the molecule is O=C1c2ccccc2C(=O)c2cc(S(=O)(=O)O)ccc21.[H-].[Na+]. The predicted molar refractivity (Wildman–Crippen MR) is 70.7 cm³/mol. The molecule has 102 valence electrons. The maximum absolute atomic E-state index is 12.3. The zero-order valence-electron chi connectivity index (χ0n) is 12.0. The van der Waals surface area contributed by atoms with Gasteiger partial charge in [-0.2, -0.15) is 8.42 Å². The monoisotopic (exact) mass is 312 g/mol. The van der Waals surface area contributed by atoms with Crippen LogP contribution in [0.4, 0.5) is 0 Å². The molecule has 7 heteroatoms. The van der Waals surface area contributed by atoms with Crippen LogP contribution < -0.4 is 29.6 Å². The molecule has 0 amide bonds. The number of fused-ring (bicyclic) bond motifs is 2. The molecule has 1 aliphatic rings. The molecular weight excluding hydrogens is 303 g/mol. The molecule has 0 unspecified atom stereocenters. The van der Waals surface area contributed by atoms with Crippen LogP contribution in [-0.4, -0.2) is 24.5 Å². The van der Waals surface area contributed by atoms with Gasteiger partial charge in [-0.15, -0.1) is 0 Å². The van der Waals surface area contributed by atoms with Gasteiger partial charge in [0.1, 0.15) is 0 Å². The Hall–Kier alpha value is -1.31. The molecule has 0 saturated carbocycles. The summed E-state index contributed by atoms with van der Waals surface area (Å²) < 4.78 is 31.2. The van der Waals surface area contributed by atoms with Crippen LogP contribution in [0.3, 0.4) is 0 Å². The summed E-state index contributed by atoms with van der Waals surface area (Å²) in [6.45, 7) is 0. The summed E-state index contributed by atoms with van der Waals surface area (Å²) in [5.74, 6) is -0.766. The molecule has 0 saturated heterocycles. The Bertz CT molecular complexity index is 877. The van der Waals surface area contributed by atoms with Crippen LogP contribution in [0.5, 0.6) is 0 Å². The molecule has 3 rings (SSSR count). The zero-order chi connectivity index (χ0) is 14.5. The average molecular weight is 312 g/mol. The standard InChI is InChI=1S/C14H8O5S.Na.H/c15-13-9-3-1-2-4-10(9)14(16)12-7-8(20(17,18)19)5-6-11(12)13;;/h1-7H,(H,17,18,19);;/q;+1;-1. The van der Waals surface area contributed by atoms with Gasteiger partial charge in [0.15, 0.2) is 11.6 Å². The van der Waals surface area contributed by atoms with Crippen LogP contribution in [0.15, 0.2) is 47.4 Å². The molecule has 0 bridgehead atoms. The van der Waals surface area contributed by atoms with Gasteiger partial charge < -0.3 is 1.43 Å². The van der Waals surface area contributed by atoms with Gasteiger partial charge in [0.25, 0.3) is 10.1 Å². The first kappa shape index (κ1) is 16.1. The second-order valence-electron chi connectivity index (χ2n) is 4.39. The van der Waals surface area contributed by atoms with Gasteiger partial charge in [-0.3, -0.25) is 14.1 Å². The molecule has 0 heterocycles. The number of carbonyl (C=O) groups is 2. The number of hydrogen-bond donors (Lipinski definition) is 1. The summed E-state index contributed by atoms with van der Waals surface area (Å²) in [6.07, 6.45) is 0. The molecule has 0 spiro atoms. The second-order valence-corrected chi connectivity index (χ2v) is 5.81. The van der Waals surface area contributed by atoms with Crippen molar-refractivity contribution in [2.45, 2.75) is 4.90 Å². The molecule has 0 aromatic heterocycles. The van der Waals surface area contributed by atoms with Crippen molar-refractivity contribution in [1.29, 1.82) is 0 Å². The minimum Gasteiger partial charge on any atom is -1.00 e. The van der Waals surface area contributed by atoms with Gasteiger partial charge in [0.05, 0.1) is 4.90 Å². The molecule has 1 aliphatic carbocycles. The number of rotatable bonds is 1. The van der Waals surface area contributed by atoms with Crippen LogP contribution >= 0.6 is 0 Å². The smallest absolute Gasteiger partial charge is 1.00 e. The Balaban J connectivity index is 0.00000121. The van der Waals surface area contributed by atoms with E-state index in [4.69, 9.17) is 4.55 Å². The minimum atomic E-state index is -4.42. The topological polar surface area (TPSA) is 88.5 Å². The van der Waals surface area contributed by atoms with Gasteiger partial charge in [-0.25, -0.2) is 0 Å². The summed E-state index contributed by atoms with van der Waals surface area (Å²) in [5.41, 5.74) is 0.659. The van der Waals surface area contributed by atoms with Crippen LogP contribution in [0.25, 0.3) is 0 Å². The molecule has 0 aliphatic heterocycles. The van der Waals surface area contributed by atoms with Gasteiger partial charge in [-0.05, 0) is 18.2 Å². The Kier molecular flexibility index (Phi) is 4.19. The van der Waals surface area contributed by atoms with E-state index in [9.17, 15) is 18.0 Å². The number of carbonyl (C=O) groups excluding carboxylic acids is 2. The van der Waals surface area contributed by atoms with Crippen molar-refractivity contribution in [2.75, 3.05) is 0 Å². The molecule has 2 aromatic carbocycles. The van der Waals surface area contributed by atoms with E-state index in [0.717, 1.165) is 12.1 Å². The molecule has 21 heavy (non-hydrogen) atoms. The predicted octanol–water partition coefficient (Wildman–Crippen LogP) is -1.17. The van der Waals surface area contributed by atoms with Crippen molar-refractivity contribution in [3.8, 4) is 0 Å². The van der Waals surface area contributed by atoms with Gasteiger partial charge >= 0.3 is 29.6 Å². The summed E-state index contributed by atoms with van der Waals surface area (Å²) in [5, 5.41) is 0. The van der Waals surface area contributed by atoms with Crippen LogP contribution in [0.2, 0.25) is 0 Å². The first-order valence-electron chi connectivity index (χ1n) is 5.69. The molecule has 0 atom stereocenters. The third kappa shape index (κ3) is 2.61. The van der Waals surface area contributed by atoms with E-state index in [1.165, 1.54) is 12.1 Å². The van der Waals surface area contributed by atoms with E-state index in [2.05, 4.69) is 0 Å². The fourth-order valence-electron chi connectivity index (χ4n) is 2.24. The van der Waals surface area contributed by atoms with Crippen molar-refractivity contribution in [2.24, 2.45) is 0 Å². The van der Waals surface area contributed by atoms with E-state index in [-0.39, 0.29) is 53.5 Å². The zero-order valence-corrected chi connectivity index (χ0v) is 13.8. The van der Waals surface area contributed by atoms with E-state index >= 15 is 0 Å². The fourth-order valence-corrected chi connectivity index (χ4v) is 2.75. The van der Waals surface area contributed by atoms with Crippen molar-refractivity contribution in [3.05, 3.63) is 64.7 Å². The van der Waals surface area contributed by atoms with Crippen LogP contribution in [-0.2, 0) is 10.1 Å². The largest absolute Gasteiger partial charge is 1.00 e. The van der Waals surface area contributed by atoms with Gasteiger partial charge in [0, 0.05) is 22.3 Å². The third-order valence-electron chi connectivity index (χ3n) is 3.19. The maximum atomic E-state index is 12.3. The van der Waals surface area contributed by atoms with E-state index in [1.807, 2.05) is 0 Å². The number of hydrogen-bond acceptors (Lipinski definition) is 4. The first-order valence-corrected chi connectivity index (χ1v) is 7.13. The summed E-state index contributed by atoms with van der Waals surface area (Å²) in [7, 11) is -4.42. The fraction of sp³-hybridized carbons (Fsp3) is 0. The van der Waals surface area contributed by atoms with Gasteiger partial charge in [-0.1, -0.05) is 24.3 Å². The van der Waals surface area contributed by atoms with Crippen molar-refractivity contribution in [3.63, 3.8) is 0 Å². The van der Waals surface area contributed by atoms with E-state index < -0.39 is 20.8 Å². The third-order valence-corrected chi connectivity index (χ3v) is 4.04. The van der Waals surface area contributed by atoms with E-state index in [1.54, 1.807) is 18.2 Å².